The summed E-state index contributed by atoms with van der Waals surface area (Å²) in [5.41, 5.74) is 0.415. The highest BCUT2D eigenvalue weighted by molar-refractivity contribution is 9.10. The van der Waals surface area contributed by atoms with Crippen molar-refractivity contribution in [2.75, 3.05) is 0 Å². The van der Waals surface area contributed by atoms with Crippen LogP contribution in [-0.2, 0) is 5.60 Å². The Morgan fingerprint density at radius 1 is 1.25 bits per heavy atom. The number of fused-ring (bicyclic) bond motifs is 1. The van der Waals surface area contributed by atoms with Gasteiger partial charge in [0.05, 0.1) is 10.6 Å². The summed E-state index contributed by atoms with van der Waals surface area (Å²) in [6, 6.07) is 5.83. The second-order valence-electron chi connectivity index (χ2n) is 4.95. The van der Waals surface area contributed by atoms with Gasteiger partial charge in [-0.15, -0.1) is 0 Å². The Hall–Kier alpha value is -0.0500. The van der Waals surface area contributed by atoms with Crippen LogP contribution in [0, 0.1) is 11.8 Å². The third-order valence-corrected chi connectivity index (χ3v) is 5.40. The lowest BCUT2D eigenvalue weighted by Crippen LogP contribution is -2.10. The molecule has 0 spiro atoms. The summed E-state index contributed by atoms with van der Waals surface area (Å²) in [4.78, 5) is 0. The average molecular weight is 302 g/mol. The summed E-state index contributed by atoms with van der Waals surface area (Å²) >= 11 is 9.47. The molecule has 0 bridgehead atoms. The summed E-state index contributed by atoms with van der Waals surface area (Å²) in [7, 11) is 0. The van der Waals surface area contributed by atoms with E-state index in [1.807, 2.05) is 18.2 Å². The van der Waals surface area contributed by atoms with Crippen LogP contribution in [0.3, 0.4) is 0 Å². The monoisotopic (exact) mass is 300 g/mol. The number of hydrogen-bond donors (Lipinski definition) is 1. The second-order valence-corrected chi connectivity index (χ2v) is 6.21. The highest BCUT2D eigenvalue weighted by Crippen LogP contribution is 2.64. The zero-order valence-corrected chi connectivity index (χ0v) is 11.3. The fraction of sp³-hybridized carbons (Fsp3) is 0.538. The van der Waals surface area contributed by atoms with Crippen molar-refractivity contribution >= 4 is 27.5 Å². The van der Waals surface area contributed by atoms with E-state index in [4.69, 9.17) is 11.6 Å². The van der Waals surface area contributed by atoms with Crippen LogP contribution < -0.4 is 0 Å². The number of halogens is 2. The first-order valence-electron chi connectivity index (χ1n) is 5.82. The van der Waals surface area contributed by atoms with Gasteiger partial charge in [0, 0.05) is 4.47 Å². The summed E-state index contributed by atoms with van der Waals surface area (Å²) in [6.45, 7) is 0. The molecule has 0 amide bonds. The predicted octanol–water partition coefficient (Wildman–Crippen LogP) is 4.11. The van der Waals surface area contributed by atoms with E-state index in [2.05, 4.69) is 15.9 Å². The highest BCUT2D eigenvalue weighted by Gasteiger charge is 2.64. The molecule has 86 valence electrons. The SMILES string of the molecule is OC1(c2ccc(Br)c(Cl)c2)C2CCCCC21. The normalized spacial score (nSPS) is 36.9. The van der Waals surface area contributed by atoms with Crippen molar-refractivity contribution < 1.29 is 5.11 Å². The number of hydrogen-bond acceptors (Lipinski definition) is 1. The Morgan fingerprint density at radius 2 is 1.88 bits per heavy atom. The Kier molecular flexibility index (Phi) is 2.58. The van der Waals surface area contributed by atoms with Crippen LogP contribution in [0.1, 0.15) is 31.2 Å². The molecule has 1 N–H and O–H groups in total. The maximum absolute atomic E-state index is 10.7. The summed E-state index contributed by atoms with van der Waals surface area (Å²) < 4.78 is 0.894. The van der Waals surface area contributed by atoms with E-state index in [1.54, 1.807) is 0 Å². The minimum atomic E-state index is -0.582. The molecule has 2 aliphatic rings. The van der Waals surface area contributed by atoms with Crippen molar-refractivity contribution in [1.29, 1.82) is 0 Å². The quantitative estimate of drug-likeness (QED) is 0.827. The molecule has 2 saturated carbocycles. The van der Waals surface area contributed by atoms with Gasteiger partial charge in [0.2, 0.25) is 0 Å². The Balaban J connectivity index is 1.95. The zero-order chi connectivity index (χ0) is 11.3. The van der Waals surface area contributed by atoms with Crippen molar-refractivity contribution in [3.05, 3.63) is 33.3 Å². The molecular weight excluding hydrogens is 287 g/mol. The van der Waals surface area contributed by atoms with Crippen molar-refractivity contribution in [2.24, 2.45) is 11.8 Å². The molecule has 2 fully saturated rings. The fourth-order valence-electron chi connectivity index (χ4n) is 3.27. The van der Waals surface area contributed by atoms with Crippen LogP contribution in [0.25, 0.3) is 0 Å². The van der Waals surface area contributed by atoms with Gasteiger partial charge in [-0.25, -0.2) is 0 Å². The van der Waals surface area contributed by atoms with E-state index in [9.17, 15) is 5.11 Å². The van der Waals surface area contributed by atoms with Gasteiger partial charge < -0.3 is 5.11 Å². The Morgan fingerprint density at radius 3 is 2.44 bits per heavy atom. The van der Waals surface area contributed by atoms with Gasteiger partial charge in [-0.1, -0.05) is 30.5 Å². The maximum Gasteiger partial charge on any atom is 0.0960 e. The highest BCUT2D eigenvalue weighted by atomic mass is 79.9. The molecule has 0 radical (unpaired) electrons. The van der Waals surface area contributed by atoms with Crippen LogP contribution in [0.2, 0.25) is 5.02 Å². The molecule has 2 atom stereocenters. The molecule has 3 heteroatoms. The molecule has 0 aliphatic heterocycles. The van der Waals surface area contributed by atoms with Gasteiger partial charge in [0.15, 0.2) is 0 Å². The molecule has 1 aromatic carbocycles. The van der Waals surface area contributed by atoms with Crippen LogP contribution in [-0.4, -0.2) is 5.11 Å². The van der Waals surface area contributed by atoms with Gasteiger partial charge in [-0.05, 0) is 58.3 Å². The third-order valence-electron chi connectivity index (χ3n) is 4.17. The third kappa shape index (κ3) is 1.47. The largest absolute Gasteiger partial charge is 0.385 e. The smallest absolute Gasteiger partial charge is 0.0960 e. The van der Waals surface area contributed by atoms with Crippen molar-refractivity contribution in [3.63, 3.8) is 0 Å². The standard InChI is InChI=1S/C13H14BrClO/c14-11-6-5-8(7-12(11)15)13(16)9-3-1-2-4-10(9)13/h5-7,9-10,16H,1-4H2. The lowest BCUT2D eigenvalue weighted by Gasteiger charge is -2.12. The number of rotatable bonds is 1. The minimum Gasteiger partial charge on any atom is -0.385 e. The molecule has 0 heterocycles. The van der Waals surface area contributed by atoms with Gasteiger partial charge in [-0.2, -0.15) is 0 Å². The van der Waals surface area contributed by atoms with Gasteiger partial charge in [0.1, 0.15) is 0 Å². The summed E-state index contributed by atoms with van der Waals surface area (Å²) in [6.07, 6.45) is 4.84. The van der Waals surface area contributed by atoms with Crippen molar-refractivity contribution in [1.82, 2.24) is 0 Å². The molecule has 16 heavy (non-hydrogen) atoms. The number of benzene rings is 1. The summed E-state index contributed by atoms with van der Waals surface area (Å²) in [5.74, 6) is 0.942. The molecule has 2 unspecified atom stereocenters. The Labute approximate surface area is 109 Å². The molecule has 2 aliphatic carbocycles. The maximum atomic E-state index is 10.7. The van der Waals surface area contributed by atoms with E-state index in [-0.39, 0.29) is 0 Å². The summed E-state index contributed by atoms with van der Waals surface area (Å²) in [5, 5.41) is 11.4. The van der Waals surface area contributed by atoms with E-state index >= 15 is 0 Å². The molecule has 0 aromatic heterocycles. The first kappa shape index (κ1) is 11.1. The van der Waals surface area contributed by atoms with Crippen LogP contribution in [0.15, 0.2) is 22.7 Å². The molecular formula is C13H14BrClO. The van der Waals surface area contributed by atoms with Crippen LogP contribution in [0.5, 0.6) is 0 Å². The molecule has 3 rings (SSSR count). The zero-order valence-electron chi connectivity index (χ0n) is 8.92. The van der Waals surface area contributed by atoms with E-state index < -0.39 is 5.60 Å². The molecule has 1 aromatic rings. The molecule has 0 saturated heterocycles. The Bertz CT molecular complexity index is 420. The fourth-order valence-corrected chi connectivity index (χ4v) is 3.69. The number of aliphatic hydroxyl groups is 1. The molecule has 1 nitrogen and oxygen atoms in total. The van der Waals surface area contributed by atoms with Crippen molar-refractivity contribution in [2.45, 2.75) is 31.3 Å². The first-order chi connectivity index (χ1) is 7.64. The van der Waals surface area contributed by atoms with Gasteiger partial charge >= 0.3 is 0 Å². The minimum absolute atomic E-state index is 0.471. The van der Waals surface area contributed by atoms with Crippen LogP contribution in [0.4, 0.5) is 0 Å². The lowest BCUT2D eigenvalue weighted by molar-refractivity contribution is 0.118. The second kappa shape index (κ2) is 3.72. The average Bonchev–Trinajstić information content (AvgIpc) is 2.91. The topological polar surface area (TPSA) is 20.2 Å². The predicted molar refractivity (Wildman–Crippen MR) is 68.5 cm³/mol. The van der Waals surface area contributed by atoms with E-state index in [1.165, 1.54) is 12.8 Å². The van der Waals surface area contributed by atoms with E-state index in [0.717, 1.165) is 22.9 Å². The lowest BCUT2D eigenvalue weighted by atomic mass is 10.0. The van der Waals surface area contributed by atoms with Crippen molar-refractivity contribution in [3.8, 4) is 0 Å². The first-order valence-corrected chi connectivity index (χ1v) is 6.99. The van der Waals surface area contributed by atoms with Gasteiger partial charge in [0.25, 0.3) is 0 Å². The van der Waals surface area contributed by atoms with E-state index in [0.29, 0.717) is 16.9 Å². The van der Waals surface area contributed by atoms with Gasteiger partial charge in [-0.3, -0.25) is 0 Å². The van der Waals surface area contributed by atoms with Crippen LogP contribution >= 0.6 is 27.5 Å².